The fraction of sp³-hybridized carbons (Fsp3) is 0.529. The van der Waals surface area contributed by atoms with Crippen molar-refractivity contribution in [2.45, 2.75) is 36.3 Å². The lowest BCUT2D eigenvalue weighted by atomic mass is 9.98. The minimum absolute atomic E-state index is 0.0459. The van der Waals surface area contributed by atoms with Crippen LogP contribution in [0.2, 0.25) is 0 Å². The molecule has 1 fully saturated rings. The zero-order valence-corrected chi connectivity index (χ0v) is 14.2. The Kier molecular flexibility index (Phi) is 3.93. The second-order valence-corrected chi connectivity index (χ2v) is 7.93. The molecule has 1 aromatic rings. The number of hydrogen-bond acceptors (Lipinski definition) is 3. The number of carbonyl (C=O) groups excluding carboxylic acids is 2. The van der Waals surface area contributed by atoms with Gasteiger partial charge in [-0.1, -0.05) is 30.8 Å². The first-order chi connectivity index (χ1) is 10.4. The van der Waals surface area contributed by atoms with Crippen molar-refractivity contribution in [1.29, 1.82) is 0 Å². The molecule has 0 unspecified atom stereocenters. The highest BCUT2D eigenvalue weighted by molar-refractivity contribution is 8.02. The van der Waals surface area contributed by atoms with E-state index in [-0.39, 0.29) is 11.8 Å². The minimum atomic E-state index is -1.06. The number of nitrogens with zero attached hydrogens (tertiary/aromatic N) is 2. The fourth-order valence-electron chi connectivity index (χ4n) is 3.32. The van der Waals surface area contributed by atoms with Gasteiger partial charge in [-0.2, -0.15) is 0 Å². The molecule has 3 rings (SSSR count). The Morgan fingerprint density at radius 2 is 2.09 bits per heavy atom. The number of anilines is 1. The lowest BCUT2D eigenvalue weighted by Crippen LogP contribution is -2.57. The summed E-state index contributed by atoms with van der Waals surface area (Å²) in [5, 5.41) is 0. The lowest BCUT2D eigenvalue weighted by molar-refractivity contribution is -0.139. The molecule has 5 heteroatoms. The molecule has 22 heavy (non-hydrogen) atoms. The highest BCUT2D eigenvalue weighted by atomic mass is 32.2. The maximum absolute atomic E-state index is 13.0. The molecule has 0 N–H and O–H groups in total. The number of para-hydroxylation sites is 1. The van der Waals surface area contributed by atoms with Crippen LogP contribution in [0.5, 0.6) is 0 Å². The zero-order chi connectivity index (χ0) is 15.9. The van der Waals surface area contributed by atoms with E-state index >= 15 is 0 Å². The number of piperidine rings is 1. The van der Waals surface area contributed by atoms with E-state index in [2.05, 4.69) is 6.92 Å². The van der Waals surface area contributed by atoms with Gasteiger partial charge in [-0.15, -0.1) is 0 Å². The Labute approximate surface area is 135 Å². The van der Waals surface area contributed by atoms with Crippen molar-refractivity contribution in [3.63, 3.8) is 0 Å². The first-order valence-corrected chi connectivity index (χ1v) is 8.60. The molecule has 1 aromatic carbocycles. The van der Waals surface area contributed by atoms with Gasteiger partial charge in [-0.3, -0.25) is 9.59 Å². The molecule has 1 saturated heterocycles. The molecule has 2 heterocycles. The number of rotatable bonds is 1. The van der Waals surface area contributed by atoms with Crippen LogP contribution in [-0.4, -0.2) is 41.6 Å². The van der Waals surface area contributed by atoms with E-state index in [1.807, 2.05) is 29.2 Å². The van der Waals surface area contributed by atoms with Crippen molar-refractivity contribution in [2.75, 3.05) is 25.0 Å². The van der Waals surface area contributed by atoms with Gasteiger partial charge in [0.1, 0.15) is 0 Å². The summed E-state index contributed by atoms with van der Waals surface area (Å²) in [6.07, 6.45) is 2.18. The Hall–Kier alpha value is -1.49. The summed E-state index contributed by atoms with van der Waals surface area (Å²) >= 11 is 1.39. The van der Waals surface area contributed by atoms with Gasteiger partial charge in [-0.05, 0) is 37.8 Å². The Bertz CT molecular complexity index is 618. The molecule has 0 radical (unpaired) electrons. The molecular formula is C17H22N2O2S. The quantitative estimate of drug-likeness (QED) is 0.748. The maximum Gasteiger partial charge on any atom is 0.252 e. The molecule has 2 aliphatic heterocycles. The van der Waals surface area contributed by atoms with E-state index in [4.69, 9.17) is 0 Å². The molecule has 4 nitrogen and oxygen atoms in total. The zero-order valence-electron chi connectivity index (χ0n) is 13.3. The first kappa shape index (κ1) is 15.4. The van der Waals surface area contributed by atoms with Gasteiger partial charge in [0, 0.05) is 25.0 Å². The van der Waals surface area contributed by atoms with Crippen LogP contribution < -0.4 is 4.90 Å². The van der Waals surface area contributed by atoms with E-state index in [1.54, 1.807) is 18.9 Å². The fourth-order valence-corrected chi connectivity index (χ4v) is 4.66. The van der Waals surface area contributed by atoms with E-state index < -0.39 is 4.75 Å². The topological polar surface area (TPSA) is 40.6 Å². The van der Waals surface area contributed by atoms with Crippen molar-refractivity contribution in [3.05, 3.63) is 24.3 Å². The van der Waals surface area contributed by atoms with Crippen LogP contribution in [0, 0.1) is 5.92 Å². The summed E-state index contributed by atoms with van der Waals surface area (Å²) in [4.78, 5) is 30.4. The van der Waals surface area contributed by atoms with E-state index in [9.17, 15) is 9.59 Å². The number of hydrogen-bond donors (Lipinski definition) is 0. The molecular weight excluding hydrogens is 296 g/mol. The van der Waals surface area contributed by atoms with Crippen molar-refractivity contribution in [1.82, 2.24) is 4.90 Å². The van der Waals surface area contributed by atoms with Gasteiger partial charge < -0.3 is 9.80 Å². The van der Waals surface area contributed by atoms with Crippen molar-refractivity contribution >= 4 is 29.3 Å². The molecule has 2 atom stereocenters. The molecule has 118 valence electrons. The summed E-state index contributed by atoms with van der Waals surface area (Å²) in [7, 11) is 1.76. The van der Waals surface area contributed by atoms with Crippen LogP contribution in [0.1, 0.15) is 26.7 Å². The van der Waals surface area contributed by atoms with Crippen LogP contribution in [0.25, 0.3) is 0 Å². The average molecular weight is 318 g/mol. The smallest absolute Gasteiger partial charge is 0.252 e. The largest absolute Gasteiger partial charge is 0.341 e. The van der Waals surface area contributed by atoms with Crippen molar-refractivity contribution in [2.24, 2.45) is 5.92 Å². The monoisotopic (exact) mass is 318 g/mol. The van der Waals surface area contributed by atoms with E-state index in [0.29, 0.717) is 5.92 Å². The minimum Gasteiger partial charge on any atom is -0.341 e. The predicted octanol–water partition coefficient (Wildman–Crippen LogP) is 2.77. The normalized spacial score (nSPS) is 28.5. The van der Waals surface area contributed by atoms with Gasteiger partial charge in [0.2, 0.25) is 5.91 Å². The second-order valence-electron chi connectivity index (χ2n) is 6.47. The Balaban J connectivity index is 1.92. The van der Waals surface area contributed by atoms with Gasteiger partial charge in [0.05, 0.1) is 5.69 Å². The molecule has 2 amide bonds. The van der Waals surface area contributed by atoms with E-state index in [0.717, 1.165) is 36.5 Å². The van der Waals surface area contributed by atoms with E-state index in [1.165, 1.54) is 11.8 Å². The summed E-state index contributed by atoms with van der Waals surface area (Å²) in [6, 6.07) is 7.77. The number of thioether (sulfide) groups is 1. The highest BCUT2D eigenvalue weighted by Gasteiger charge is 2.50. The van der Waals surface area contributed by atoms with Crippen LogP contribution in [0.4, 0.5) is 5.69 Å². The lowest BCUT2D eigenvalue weighted by Gasteiger charge is -2.41. The number of likely N-dealkylation sites (tertiary alicyclic amines) is 1. The summed E-state index contributed by atoms with van der Waals surface area (Å²) in [6.45, 7) is 5.46. The van der Waals surface area contributed by atoms with Crippen LogP contribution in [0.15, 0.2) is 29.2 Å². The third kappa shape index (κ3) is 2.41. The van der Waals surface area contributed by atoms with Crippen LogP contribution >= 0.6 is 11.8 Å². The van der Waals surface area contributed by atoms with Gasteiger partial charge >= 0.3 is 0 Å². The van der Waals surface area contributed by atoms with Gasteiger partial charge in [0.25, 0.3) is 5.91 Å². The maximum atomic E-state index is 13.0. The highest BCUT2D eigenvalue weighted by Crippen LogP contribution is 2.45. The number of carbonyl (C=O) groups is 2. The summed E-state index contributed by atoms with van der Waals surface area (Å²) in [5.74, 6) is 0.338. The molecule has 0 bridgehead atoms. The van der Waals surface area contributed by atoms with Crippen molar-refractivity contribution < 1.29 is 9.59 Å². The number of amides is 2. The first-order valence-electron chi connectivity index (χ1n) is 7.79. The predicted molar refractivity (Wildman–Crippen MR) is 89.1 cm³/mol. The summed E-state index contributed by atoms with van der Waals surface area (Å²) in [5.41, 5.74) is 0.884. The molecule has 0 aromatic heterocycles. The molecule has 0 saturated carbocycles. The summed E-state index contributed by atoms with van der Waals surface area (Å²) < 4.78 is -1.06. The molecule has 0 aliphatic carbocycles. The van der Waals surface area contributed by atoms with Crippen molar-refractivity contribution in [3.8, 4) is 0 Å². The number of fused-ring (bicyclic) bond motifs is 1. The van der Waals surface area contributed by atoms with Crippen LogP contribution in [-0.2, 0) is 9.59 Å². The molecule has 2 aliphatic rings. The average Bonchev–Trinajstić information content (AvgIpc) is 2.52. The third-order valence-electron chi connectivity index (χ3n) is 4.61. The number of benzene rings is 1. The molecule has 0 spiro atoms. The van der Waals surface area contributed by atoms with Gasteiger partial charge in [0.15, 0.2) is 4.75 Å². The Morgan fingerprint density at radius 1 is 1.36 bits per heavy atom. The third-order valence-corrected chi connectivity index (χ3v) is 5.93. The SMILES string of the molecule is C[C@@H]1CCCN(C(=O)[C@]2(C)Sc3ccccc3N(C)C2=O)C1. The van der Waals surface area contributed by atoms with Crippen LogP contribution in [0.3, 0.4) is 0 Å². The standard InChI is InChI=1S/C17H22N2O2S/c1-12-7-6-10-19(11-12)16(21)17(2)15(20)18(3)13-8-4-5-9-14(13)22-17/h4-5,8-9,12H,6-7,10-11H2,1-3H3/t12-,17-/m1/s1. The van der Waals surface area contributed by atoms with Gasteiger partial charge in [-0.25, -0.2) is 0 Å². The Morgan fingerprint density at radius 3 is 2.82 bits per heavy atom. The second kappa shape index (κ2) is 5.61.